The van der Waals surface area contributed by atoms with Crippen molar-refractivity contribution >= 4 is 39.8 Å². The van der Waals surface area contributed by atoms with Gasteiger partial charge in [0.25, 0.3) is 0 Å². The van der Waals surface area contributed by atoms with E-state index in [-0.39, 0.29) is 17.3 Å². The summed E-state index contributed by atoms with van der Waals surface area (Å²) in [7, 11) is 1.47. The third-order valence-electron chi connectivity index (χ3n) is 4.41. The van der Waals surface area contributed by atoms with Crippen LogP contribution in [0, 0.1) is 0 Å². The quantitative estimate of drug-likeness (QED) is 0.293. The van der Waals surface area contributed by atoms with Crippen molar-refractivity contribution in [2.45, 2.75) is 0 Å². The average molecular weight is 478 g/mol. The predicted molar refractivity (Wildman–Crippen MR) is 119 cm³/mol. The fourth-order valence-corrected chi connectivity index (χ4v) is 3.14. The molecule has 0 aliphatic carbocycles. The molecule has 4 rings (SSSR count). The first kappa shape index (κ1) is 20.6. The van der Waals surface area contributed by atoms with Crippen molar-refractivity contribution in [3.05, 3.63) is 99.7 Å². The normalized spacial score (nSPS) is 14.2. The third kappa shape index (κ3) is 4.73. The summed E-state index contributed by atoms with van der Waals surface area (Å²) in [5.41, 5.74) is 1.94. The van der Waals surface area contributed by atoms with Crippen molar-refractivity contribution in [1.82, 2.24) is 0 Å². The topological polar surface area (TPSA) is 74.2 Å². The van der Waals surface area contributed by atoms with E-state index in [2.05, 4.69) is 20.9 Å². The van der Waals surface area contributed by atoms with Crippen molar-refractivity contribution in [3.63, 3.8) is 0 Å². The molecule has 0 aromatic heterocycles. The van der Waals surface area contributed by atoms with Crippen LogP contribution in [-0.2, 0) is 9.53 Å². The molecule has 6 nitrogen and oxygen atoms in total. The zero-order valence-corrected chi connectivity index (χ0v) is 18.0. The van der Waals surface area contributed by atoms with Crippen molar-refractivity contribution in [1.29, 1.82) is 0 Å². The van der Waals surface area contributed by atoms with Gasteiger partial charge in [0.1, 0.15) is 0 Å². The molecule has 1 heterocycles. The van der Waals surface area contributed by atoms with Crippen molar-refractivity contribution in [2.24, 2.45) is 4.99 Å². The molecule has 0 unspecified atom stereocenters. The second-order valence-electron chi connectivity index (χ2n) is 6.51. The fourth-order valence-electron chi connectivity index (χ4n) is 2.87. The number of esters is 2. The minimum atomic E-state index is -0.538. The van der Waals surface area contributed by atoms with E-state index in [1.54, 1.807) is 48.5 Å². The predicted octanol–water partition coefficient (Wildman–Crippen LogP) is 5.02. The van der Waals surface area contributed by atoms with E-state index in [4.69, 9.17) is 14.2 Å². The second-order valence-corrected chi connectivity index (χ2v) is 7.42. The van der Waals surface area contributed by atoms with Crippen LogP contribution in [0.1, 0.15) is 21.5 Å². The van der Waals surface area contributed by atoms with Gasteiger partial charge in [0.2, 0.25) is 5.90 Å². The summed E-state index contributed by atoms with van der Waals surface area (Å²) in [5.74, 6) is -0.181. The van der Waals surface area contributed by atoms with E-state index >= 15 is 0 Å². The highest BCUT2D eigenvalue weighted by atomic mass is 79.9. The van der Waals surface area contributed by atoms with Crippen LogP contribution in [-0.4, -0.2) is 24.9 Å². The molecule has 0 N–H and O–H groups in total. The molecule has 0 saturated carbocycles. The molecule has 3 aromatic rings. The lowest BCUT2D eigenvalue weighted by Gasteiger charge is -2.10. The molecule has 7 heteroatoms. The highest BCUT2D eigenvalue weighted by Crippen LogP contribution is 2.30. The second kappa shape index (κ2) is 8.97. The van der Waals surface area contributed by atoms with Crippen molar-refractivity contribution in [2.75, 3.05) is 7.11 Å². The molecule has 0 radical (unpaired) electrons. The van der Waals surface area contributed by atoms with Crippen LogP contribution in [0.25, 0.3) is 6.08 Å². The number of hydrogen-bond donors (Lipinski definition) is 0. The standard InChI is InChI=1S/C24H16BrNO5/c1-29-21-14-15(7-12-20(21)30-23(27)17-8-10-18(25)11-9-17)13-19-24(28)31-22(26-19)16-5-3-2-4-6-16/h2-14H,1H3/b19-13-. The molecule has 0 atom stereocenters. The van der Waals surface area contributed by atoms with Crippen molar-refractivity contribution in [3.8, 4) is 11.5 Å². The fraction of sp³-hybridized carbons (Fsp3) is 0.0417. The van der Waals surface area contributed by atoms with Gasteiger partial charge < -0.3 is 14.2 Å². The Balaban J connectivity index is 1.56. The number of aliphatic imine (C=N–C) groups is 1. The Labute approximate surface area is 186 Å². The van der Waals surface area contributed by atoms with Gasteiger partial charge in [0.15, 0.2) is 17.2 Å². The Morgan fingerprint density at radius 3 is 2.45 bits per heavy atom. The van der Waals surface area contributed by atoms with E-state index in [0.29, 0.717) is 22.4 Å². The van der Waals surface area contributed by atoms with Gasteiger partial charge in [-0.25, -0.2) is 14.6 Å². The lowest BCUT2D eigenvalue weighted by molar-refractivity contribution is -0.129. The number of carbonyl (C=O) groups excluding carboxylic acids is 2. The van der Waals surface area contributed by atoms with E-state index in [9.17, 15) is 9.59 Å². The summed E-state index contributed by atoms with van der Waals surface area (Å²) >= 11 is 3.33. The Bertz CT molecular complexity index is 1200. The Morgan fingerprint density at radius 1 is 1.00 bits per heavy atom. The van der Waals surface area contributed by atoms with Crippen LogP contribution in [0.5, 0.6) is 11.5 Å². The first-order valence-corrected chi connectivity index (χ1v) is 10.1. The van der Waals surface area contributed by atoms with Gasteiger partial charge in [-0.05, 0) is 60.2 Å². The molecule has 0 spiro atoms. The van der Waals surface area contributed by atoms with Crippen LogP contribution in [0.4, 0.5) is 0 Å². The first-order chi connectivity index (χ1) is 15.0. The maximum absolute atomic E-state index is 12.4. The lowest BCUT2D eigenvalue weighted by Crippen LogP contribution is -2.09. The molecule has 0 bridgehead atoms. The van der Waals surface area contributed by atoms with Gasteiger partial charge in [0.05, 0.1) is 12.7 Å². The smallest absolute Gasteiger partial charge is 0.363 e. The number of halogens is 1. The number of cyclic esters (lactones) is 1. The Morgan fingerprint density at radius 2 is 1.74 bits per heavy atom. The van der Waals surface area contributed by atoms with Crippen LogP contribution >= 0.6 is 15.9 Å². The van der Waals surface area contributed by atoms with E-state index < -0.39 is 11.9 Å². The first-order valence-electron chi connectivity index (χ1n) is 9.27. The number of methoxy groups -OCH3 is 1. The molecule has 1 aliphatic rings. The van der Waals surface area contributed by atoms with Gasteiger partial charge >= 0.3 is 11.9 Å². The summed E-state index contributed by atoms with van der Waals surface area (Å²) in [5, 5.41) is 0. The van der Waals surface area contributed by atoms with Gasteiger partial charge in [-0.1, -0.05) is 40.2 Å². The van der Waals surface area contributed by atoms with E-state index in [1.165, 1.54) is 7.11 Å². The Kier molecular flexibility index (Phi) is 5.95. The minimum Gasteiger partial charge on any atom is -0.493 e. The number of nitrogens with zero attached hydrogens (tertiary/aromatic N) is 1. The minimum absolute atomic E-state index is 0.167. The molecule has 3 aromatic carbocycles. The number of hydrogen-bond acceptors (Lipinski definition) is 6. The maximum atomic E-state index is 12.4. The van der Waals surface area contributed by atoms with Gasteiger partial charge in [-0.3, -0.25) is 0 Å². The summed E-state index contributed by atoms with van der Waals surface area (Å²) < 4.78 is 16.9. The molecule has 154 valence electrons. The summed E-state index contributed by atoms with van der Waals surface area (Å²) in [6, 6.07) is 21.0. The third-order valence-corrected chi connectivity index (χ3v) is 4.94. The molecule has 1 aliphatic heterocycles. The largest absolute Gasteiger partial charge is 0.493 e. The number of benzene rings is 3. The molecule has 0 fully saturated rings. The molecule has 0 amide bonds. The Hall–Kier alpha value is -3.71. The zero-order chi connectivity index (χ0) is 21.8. The average Bonchev–Trinajstić information content (AvgIpc) is 3.16. The number of carbonyl (C=O) groups is 2. The highest BCUT2D eigenvalue weighted by molar-refractivity contribution is 9.10. The SMILES string of the molecule is COc1cc(/C=C2\N=C(c3ccccc3)OC2=O)ccc1OC(=O)c1ccc(Br)cc1. The molecular formula is C24H16BrNO5. The lowest BCUT2D eigenvalue weighted by atomic mass is 10.1. The summed E-state index contributed by atoms with van der Waals surface area (Å²) in [4.78, 5) is 28.9. The van der Waals surface area contributed by atoms with Crippen LogP contribution < -0.4 is 9.47 Å². The van der Waals surface area contributed by atoms with Crippen molar-refractivity contribution < 1.29 is 23.8 Å². The van der Waals surface area contributed by atoms with Gasteiger partial charge in [0, 0.05) is 10.0 Å². The maximum Gasteiger partial charge on any atom is 0.363 e. The molecular weight excluding hydrogens is 462 g/mol. The van der Waals surface area contributed by atoms with Crippen LogP contribution in [0.15, 0.2) is 88.0 Å². The summed E-state index contributed by atoms with van der Waals surface area (Å²) in [6.45, 7) is 0. The molecule has 0 saturated heterocycles. The van der Waals surface area contributed by atoms with Gasteiger partial charge in [-0.2, -0.15) is 0 Å². The van der Waals surface area contributed by atoms with E-state index in [0.717, 1.165) is 4.47 Å². The summed E-state index contributed by atoms with van der Waals surface area (Å²) in [6.07, 6.45) is 1.58. The van der Waals surface area contributed by atoms with Gasteiger partial charge in [-0.15, -0.1) is 0 Å². The number of rotatable bonds is 5. The van der Waals surface area contributed by atoms with E-state index in [1.807, 2.05) is 30.3 Å². The monoisotopic (exact) mass is 477 g/mol. The highest BCUT2D eigenvalue weighted by Gasteiger charge is 2.24. The number of ether oxygens (including phenoxy) is 3. The van der Waals surface area contributed by atoms with Crippen LogP contribution in [0.3, 0.4) is 0 Å². The molecule has 31 heavy (non-hydrogen) atoms. The van der Waals surface area contributed by atoms with Crippen LogP contribution in [0.2, 0.25) is 0 Å². The zero-order valence-electron chi connectivity index (χ0n) is 16.4.